The molecule has 3 rings (SSSR count). The van der Waals surface area contributed by atoms with Crippen molar-refractivity contribution < 1.29 is 27.2 Å². The maximum atomic E-state index is 13.5. The fraction of sp³-hybridized carbons (Fsp3) is 0.167. The SMILES string of the molecule is CC(NC(=O)COc1ccc(F)cc1F)c1nc(-c2ccc(F)cc2)no1. The zero-order valence-electron chi connectivity index (χ0n) is 14.1. The van der Waals surface area contributed by atoms with Gasteiger partial charge in [0.05, 0.1) is 0 Å². The van der Waals surface area contributed by atoms with Crippen molar-refractivity contribution in [1.82, 2.24) is 15.5 Å². The van der Waals surface area contributed by atoms with E-state index in [0.29, 0.717) is 11.6 Å². The van der Waals surface area contributed by atoms with Crippen LogP contribution in [0.4, 0.5) is 13.2 Å². The predicted molar refractivity (Wildman–Crippen MR) is 88.1 cm³/mol. The second kappa shape index (κ2) is 7.90. The Morgan fingerprint density at radius 2 is 1.85 bits per heavy atom. The van der Waals surface area contributed by atoms with Crippen LogP contribution in [-0.2, 0) is 4.79 Å². The molecule has 6 nitrogen and oxygen atoms in total. The van der Waals surface area contributed by atoms with Gasteiger partial charge in [-0.25, -0.2) is 13.2 Å². The monoisotopic (exact) mass is 377 g/mol. The number of ether oxygens (including phenoxy) is 1. The van der Waals surface area contributed by atoms with Crippen LogP contribution < -0.4 is 10.1 Å². The Kier molecular flexibility index (Phi) is 5.39. The average molecular weight is 377 g/mol. The first-order valence-electron chi connectivity index (χ1n) is 7.89. The highest BCUT2D eigenvalue weighted by molar-refractivity contribution is 5.77. The normalized spacial score (nSPS) is 11.9. The Morgan fingerprint density at radius 1 is 1.15 bits per heavy atom. The molecule has 3 aromatic rings. The minimum atomic E-state index is -0.906. The fourth-order valence-electron chi connectivity index (χ4n) is 2.21. The van der Waals surface area contributed by atoms with Crippen molar-refractivity contribution in [2.24, 2.45) is 0 Å². The number of hydrogen-bond acceptors (Lipinski definition) is 5. The summed E-state index contributed by atoms with van der Waals surface area (Å²) in [5.74, 6) is -2.46. The molecular formula is C18H14F3N3O3. The third-order valence-corrected chi connectivity index (χ3v) is 3.54. The Balaban J connectivity index is 1.57. The molecule has 0 aliphatic heterocycles. The van der Waals surface area contributed by atoms with Gasteiger partial charge in [-0.05, 0) is 43.3 Å². The van der Waals surface area contributed by atoms with E-state index in [4.69, 9.17) is 9.26 Å². The molecule has 0 saturated heterocycles. The molecule has 2 aromatic carbocycles. The Morgan fingerprint density at radius 3 is 2.56 bits per heavy atom. The number of amides is 1. The van der Waals surface area contributed by atoms with E-state index in [0.717, 1.165) is 12.1 Å². The van der Waals surface area contributed by atoms with Gasteiger partial charge in [0.2, 0.25) is 11.7 Å². The molecule has 1 heterocycles. The zero-order valence-corrected chi connectivity index (χ0v) is 14.1. The molecule has 0 aliphatic carbocycles. The zero-order chi connectivity index (χ0) is 19.4. The summed E-state index contributed by atoms with van der Waals surface area (Å²) in [6, 6.07) is 7.66. The summed E-state index contributed by atoms with van der Waals surface area (Å²) in [5.41, 5.74) is 0.556. The number of rotatable bonds is 6. The van der Waals surface area contributed by atoms with Crippen LogP contribution in [0.5, 0.6) is 5.75 Å². The molecule has 1 atom stereocenters. The first-order chi connectivity index (χ1) is 12.9. The van der Waals surface area contributed by atoms with E-state index in [-0.39, 0.29) is 23.3 Å². The maximum Gasteiger partial charge on any atom is 0.258 e. The van der Waals surface area contributed by atoms with Crippen LogP contribution in [0.2, 0.25) is 0 Å². The van der Waals surface area contributed by atoms with E-state index in [1.807, 2.05) is 0 Å². The average Bonchev–Trinajstić information content (AvgIpc) is 3.12. The van der Waals surface area contributed by atoms with Crippen molar-refractivity contribution in [1.29, 1.82) is 0 Å². The van der Waals surface area contributed by atoms with Gasteiger partial charge in [-0.1, -0.05) is 5.16 Å². The summed E-state index contributed by atoms with van der Waals surface area (Å²) >= 11 is 0. The van der Waals surface area contributed by atoms with Gasteiger partial charge in [-0.15, -0.1) is 0 Å². The number of hydrogen-bond donors (Lipinski definition) is 1. The Labute approximate surface area is 152 Å². The lowest BCUT2D eigenvalue weighted by atomic mass is 10.2. The summed E-state index contributed by atoms with van der Waals surface area (Å²) in [5, 5.41) is 6.34. The van der Waals surface area contributed by atoms with Crippen molar-refractivity contribution in [2.45, 2.75) is 13.0 Å². The largest absolute Gasteiger partial charge is 0.481 e. The molecule has 9 heteroatoms. The van der Waals surface area contributed by atoms with Crippen LogP contribution in [0.25, 0.3) is 11.4 Å². The Bertz CT molecular complexity index is 945. The van der Waals surface area contributed by atoms with E-state index >= 15 is 0 Å². The summed E-state index contributed by atoms with van der Waals surface area (Å²) in [4.78, 5) is 16.1. The second-order valence-electron chi connectivity index (χ2n) is 5.62. The van der Waals surface area contributed by atoms with Crippen LogP contribution in [-0.4, -0.2) is 22.7 Å². The topological polar surface area (TPSA) is 77.2 Å². The lowest BCUT2D eigenvalue weighted by Crippen LogP contribution is -2.31. The molecule has 0 fully saturated rings. The molecule has 140 valence electrons. The third kappa shape index (κ3) is 4.63. The molecule has 1 unspecified atom stereocenters. The van der Waals surface area contributed by atoms with Crippen LogP contribution in [0.3, 0.4) is 0 Å². The van der Waals surface area contributed by atoms with Gasteiger partial charge in [0, 0.05) is 11.6 Å². The van der Waals surface area contributed by atoms with Crippen molar-refractivity contribution in [3.63, 3.8) is 0 Å². The van der Waals surface area contributed by atoms with Gasteiger partial charge in [0.25, 0.3) is 5.91 Å². The van der Waals surface area contributed by atoms with Crippen LogP contribution in [0.1, 0.15) is 18.9 Å². The molecule has 1 amide bonds. The van der Waals surface area contributed by atoms with Gasteiger partial charge in [-0.2, -0.15) is 4.98 Å². The number of aromatic nitrogens is 2. The molecule has 1 N–H and O–H groups in total. The molecule has 0 spiro atoms. The number of benzene rings is 2. The lowest BCUT2D eigenvalue weighted by Gasteiger charge is -2.11. The van der Waals surface area contributed by atoms with Crippen LogP contribution in [0, 0.1) is 17.5 Å². The predicted octanol–water partition coefficient (Wildman–Crippen LogP) is 3.41. The molecule has 1 aromatic heterocycles. The smallest absolute Gasteiger partial charge is 0.258 e. The maximum absolute atomic E-state index is 13.5. The van der Waals surface area contributed by atoms with E-state index in [1.54, 1.807) is 6.92 Å². The molecular weight excluding hydrogens is 363 g/mol. The van der Waals surface area contributed by atoms with Crippen LogP contribution >= 0.6 is 0 Å². The Hall–Kier alpha value is -3.36. The minimum absolute atomic E-state index is 0.135. The minimum Gasteiger partial charge on any atom is -0.481 e. The molecule has 0 saturated carbocycles. The fourth-order valence-corrected chi connectivity index (χ4v) is 2.21. The van der Waals surface area contributed by atoms with Gasteiger partial charge in [-0.3, -0.25) is 4.79 Å². The van der Waals surface area contributed by atoms with Gasteiger partial charge in [0.15, 0.2) is 18.2 Å². The standard InChI is InChI=1S/C18H14F3N3O3/c1-10(18-23-17(24-27-18)11-2-4-12(19)5-3-11)22-16(25)9-26-15-7-6-13(20)8-14(15)21/h2-8,10H,9H2,1H3,(H,22,25). The number of nitrogens with one attached hydrogen (secondary N) is 1. The summed E-state index contributed by atoms with van der Waals surface area (Å²) < 4.78 is 49.4. The number of halogens is 3. The highest BCUT2D eigenvalue weighted by Gasteiger charge is 2.18. The molecule has 0 aliphatic rings. The van der Waals surface area contributed by atoms with Crippen molar-refractivity contribution >= 4 is 5.91 Å². The van der Waals surface area contributed by atoms with E-state index in [1.165, 1.54) is 24.3 Å². The molecule has 0 bridgehead atoms. The number of carbonyl (C=O) groups is 1. The van der Waals surface area contributed by atoms with Crippen molar-refractivity contribution in [3.8, 4) is 17.1 Å². The number of nitrogens with zero attached hydrogens (tertiary/aromatic N) is 2. The molecule has 27 heavy (non-hydrogen) atoms. The second-order valence-corrected chi connectivity index (χ2v) is 5.62. The highest BCUT2D eigenvalue weighted by atomic mass is 19.1. The van der Waals surface area contributed by atoms with Crippen molar-refractivity contribution in [3.05, 3.63) is 65.8 Å². The lowest BCUT2D eigenvalue weighted by molar-refractivity contribution is -0.123. The van der Waals surface area contributed by atoms with Gasteiger partial charge in [0.1, 0.15) is 17.7 Å². The quantitative estimate of drug-likeness (QED) is 0.712. The van der Waals surface area contributed by atoms with Gasteiger partial charge < -0.3 is 14.6 Å². The summed E-state index contributed by atoms with van der Waals surface area (Å²) in [7, 11) is 0. The first-order valence-corrected chi connectivity index (χ1v) is 7.89. The number of carbonyl (C=O) groups excluding carboxylic acids is 1. The van der Waals surface area contributed by atoms with Crippen LogP contribution in [0.15, 0.2) is 47.0 Å². The third-order valence-electron chi connectivity index (χ3n) is 3.54. The van der Waals surface area contributed by atoms with Crippen molar-refractivity contribution in [2.75, 3.05) is 6.61 Å². The summed E-state index contributed by atoms with van der Waals surface area (Å²) in [6.45, 7) is 1.13. The first kappa shape index (κ1) is 18.4. The van der Waals surface area contributed by atoms with E-state index in [9.17, 15) is 18.0 Å². The van der Waals surface area contributed by atoms with Gasteiger partial charge >= 0.3 is 0 Å². The highest BCUT2D eigenvalue weighted by Crippen LogP contribution is 2.20. The van der Waals surface area contributed by atoms with E-state index < -0.39 is 30.2 Å². The summed E-state index contributed by atoms with van der Waals surface area (Å²) in [6.07, 6.45) is 0. The van der Waals surface area contributed by atoms with E-state index in [2.05, 4.69) is 15.5 Å². The molecule has 0 radical (unpaired) electrons.